The van der Waals surface area contributed by atoms with Gasteiger partial charge in [0, 0.05) is 26.2 Å². The molecule has 25 heavy (non-hydrogen) atoms. The van der Waals surface area contributed by atoms with E-state index in [1.54, 1.807) is 6.07 Å². The van der Waals surface area contributed by atoms with Crippen LogP contribution in [0.25, 0.3) is 22.6 Å². The first-order valence-corrected chi connectivity index (χ1v) is 8.70. The van der Waals surface area contributed by atoms with Crippen molar-refractivity contribution in [3.05, 3.63) is 48.2 Å². The highest BCUT2D eigenvalue weighted by Gasteiger charge is 2.38. The van der Waals surface area contributed by atoms with Crippen molar-refractivity contribution in [3.63, 3.8) is 0 Å². The molecule has 6 nitrogen and oxygen atoms in total. The number of carbonyl (C=O) groups excluding carboxylic acids is 1. The minimum absolute atomic E-state index is 0.0207. The summed E-state index contributed by atoms with van der Waals surface area (Å²) in [6, 6.07) is 13.4. The van der Waals surface area contributed by atoms with Crippen molar-refractivity contribution in [1.82, 2.24) is 25.2 Å². The fourth-order valence-corrected chi connectivity index (χ4v) is 3.94. The fourth-order valence-electron chi connectivity index (χ4n) is 3.94. The molecular formula is C19H19N5O. The summed E-state index contributed by atoms with van der Waals surface area (Å²) in [7, 11) is 0. The number of para-hydroxylation sites is 2. The summed E-state index contributed by atoms with van der Waals surface area (Å²) in [5.74, 6) is 1.88. The number of nitrogens with one attached hydrogen (secondary N) is 2. The first-order chi connectivity index (χ1) is 12.3. The number of pyridine rings is 1. The molecule has 2 aromatic heterocycles. The zero-order chi connectivity index (χ0) is 16.8. The smallest absolute Gasteiger partial charge is 0.272 e. The van der Waals surface area contributed by atoms with Crippen LogP contribution in [0.3, 0.4) is 0 Å². The highest BCUT2D eigenvalue weighted by atomic mass is 16.2. The molecule has 0 bridgehead atoms. The molecule has 2 unspecified atom stereocenters. The molecule has 5 rings (SSSR count). The standard InChI is InChI=1S/C19H19N5O/c25-19(24-10-12-8-20-9-13(12)11-24)17-7-3-6-16(21-17)18-22-14-4-1-2-5-15(14)23-18/h1-7,12-13,20H,8-11H2,(H,22,23). The molecule has 1 aromatic carbocycles. The predicted molar refractivity (Wildman–Crippen MR) is 95.1 cm³/mol. The monoisotopic (exact) mass is 333 g/mol. The second kappa shape index (κ2) is 5.67. The maximum absolute atomic E-state index is 12.8. The topological polar surface area (TPSA) is 73.9 Å². The van der Waals surface area contributed by atoms with E-state index >= 15 is 0 Å². The molecule has 0 spiro atoms. The van der Waals surface area contributed by atoms with E-state index in [0.717, 1.165) is 37.2 Å². The van der Waals surface area contributed by atoms with Gasteiger partial charge in [0.15, 0.2) is 5.82 Å². The molecule has 0 saturated carbocycles. The number of aromatic amines is 1. The summed E-state index contributed by atoms with van der Waals surface area (Å²) in [6.45, 7) is 3.68. The Morgan fingerprint density at radius 2 is 1.80 bits per heavy atom. The number of hydrogen-bond donors (Lipinski definition) is 2. The summed E-state index contributed by atoms with van der Waals surface area (Å²) < 4.78 is 0. The molecule has 126 valence electrons. The minimum Gasteiger partial charge on any atom is -0.337 e. The van der Waals surface area contributed by atoms with Gasteiger partial charge in [-0.1, -0.05) is 18.2 Å². The second-order valence-corrected chi connectivity index (χ2v) is 6.90. The molecule has 4 heterocycles. The van der Waals surface area contributed by atoms with Crippen LogP contribution in [-0.4, -0.2) is 51.9 Å². The molecule has 2 saturated heterocycles. The zero-order valence-electron chi connectivity index (χ0n) is 13.8. The van der Waals surface area contributed by atoms with Gasteiger partial charge in [-0.3, -0.25) is 4.79 Å². The van der Waals surface area contributed by atoms with Crippen LogP contribution in [0.4, 0.5) is 0 Å². The lowest BCUT2D eigenvalue weighted by Crippen LogP contribution is -2.32. The lowest BCUT2D eigenvalue weighted by molar-refractivity contribution is 0.0776. The highest BCUT2D eigenvalue weighted by Crippen LogP contribution is 2.27. The van der Waals surface area contributed by atoms with E-state index in [1.165, 1.54) is 0 Å². The summed E-state index contributed by atoms with van der Waals surface area (Å²) in [5.41, 5.74) is 3.06. The summed E-state index contributed by atoms with van der Waals surface area (Å²) in [4.78, 5) is 27.2. The number of likely N-dealkylation sites (tertiary alicyclic amines) is 1. The minimum atomic E-state index is 0.0207. The molecule has 2 fully saturated rings. The summed E-state index contributed by atoms with van der Waals surface area (Å²) in [6.07, 6.45) is 0. The van der Waals surface area contributed by atoms with E-state index in [0.29, 0.717) is 29.0 Å². The van der Waals surface area contributed by atoms with E-state index in [4.69, 9.17) is 0 Å². The maximum atomic E-state index is 12.8. The number of carbonyl (C=O) groups is 1. The molecule has 0 aliphatic carbocycles. The van der Waals surface area contributed by atoms with Gasteiger partial charge >= 0.3 is 0 Å². The van der Waals surface area contributed by atoms with Crippen molar-refractivity contribution < 1.29 is 4.79 Å². The van der Waals surface area contributed by atoms with Gasteiger partial charge in [0.05, 0.1) is 11.0 Å². The first-order valence-electron chi connectivity index (χ1n) is 8.70. The van der Waals surface area contributed by atoms with Crippen LogP contribution in [-0.2, 0) is 0 Å². The molecule has 1 amide bonds. The molecule has 2 N–H and O–H groups in total. The Morgan fingerprint density at radius 3 is 2.60 bits per heavy atom. The molecular weight excluding hydrogens is 314 g/mol. The number of rotatable bonds is 2. The summed E-state index contributed by atoms with van der Waals surface area (Å²) >= 11 is 0. The van der Waals surface area contributed by atoms with Crippen LogP contribution in [0.15, 0.2) is 42.5 Å². The fraction of sp³-hybridized carbons (Fsp3) is 0.316. The Hall–Kier alpha value is -2.73. The molecule has 2 atom stereocenters. The SMILES string of the molecule is O=C(c1cccc(-c2nc3ccccc3[nH]2)n1)N1CC2CNCC2C1. The number of amides is 1. The van der Waals surface area contributed by atoms with Gasteiger partial charge in [-0.05, 0) is 36.1 Å². The van der Waals surface area contributed by atoms with Crippen LogP contribution in [0.1, 0.15) is 10.5 Å². The van der Waals surface area contributed by atoms with E-state index in [2.05, 4.69) is 20.3 Å². The number of nitrogens with zero attached hydrogens (tertiary/aromatic N) is 3. The lowest BCUT2D eigenvalue weighted by Gasteiger charge is -2.17. The van der Waals surface area contributed by atoms with Gasteiger partial charge in [-0.2, -0.15) is 0 Å². The largest absolute Gasteiger partial charge is 0.337 e. The van der Waals surface area contributed by atoms with Gasteiger partial charge in [0.25, 0.3) is 5.91 Å². The predicted octanol–water partition coefficient (Wildman–Crippen LogP) is 1.92. The van der Waals surface area contributed by atoms with Crippen molar-refractivity contribution in [3.8, 4) is 11.5 Å². The summed E-state index contributed by atoms with van der Waals surface area (Å²) in [5, 5.41) is 3.40. The Labute approximate surface area is 145 Å². The van der Waals surface area contributed by atoms with Gasteiger partial charge in [-0.25, -0.2) is 9.97 Å². The van der Waals surface area contributed by atoms with Crippen LogP contribution in [0.5, 0.6) is 0 Å². The van der Waals surface area contributed by atoms with E-state index < -0.39 is 0 Å². The van der Waals surface area contributed by atoms with Gasteiger partial charge < -0.3 is 15.2 Å². The number of hydrogen-bond acceptors (Lipinski definition) is 4. The second-order valence-electron chi connectivity index (χ2n) is 6.90. The van der Waals surface area contributed by atoms with Gasteiger partial charge in [-0.15, -0.1) is 0 Å². The number of H-pyrrole nitrogens is 1. The van der Waals surface area contributed by atoms with Crippen molar-refractivity contribution in [2.75, 3.05) is 26.2 Å². The van der Waals surface area contributed by atoms with Crippen LogP contribution >= 0.6 is 0 Å². The maximum Gasteiger partial charge on any atom is 0.272 e. The number of fused-ring (bicyclic) bond motifs is 2. The average molecular weight is 333 g/mol. The van der Waals surface area contributed by atoms with E-state index in [9.17, 15) is 4.79 Å². The number of aromatic nitrogens is 3. The van der Waals surface area contributed by atoms with Crippen LogP contribution < -0.4 is 5.32 Å². The third-order valence-corrected chi connectivity index (χ3v) is 5.28. The van der Waals surface area contributed by atoms with Crippen molar-refractivity contribution in [1.29, 1.82) is 0 Å². The van der Waals surface area contributed by atoms with Crippen LogP contribution in [0, 0.1) is 11.8 Å². The normalized spacial score (nSPS) is 22.5. The van der Waals surface area contributed by atoms with Crippen LogP contribution in [0.2, 0.25) is 0 Å². The lowest BCUT2D eigenvalue weighted by atomic mass is 10.0. The number of benzene rings is 1. The van der Waals surface area contributed by atoms with Crippen molar-refractivity contribution in [2.45, 2.75) is 0 Å². The Balaban J connectivity index is 1.43. The quantitative estimate of drug-likeness (QED) is 0.751. The van der Waals surface area contributed by atoms with Gasteiger partial charge in [0.1, 0.15) is 11.4 Å². The average Bonchev–Trinajstić information content (AvgIpc) is 3.34. The Bertz CT molecular complexity index is 905. The first kappa shape index (κ1) is 14.6. The Kier molecular flexibility index (Phi) is 3.31. The van der Waals surface area contributed by atoms with Crippen molar-refractivity contribution >= 4 is 16.9 Å². The molecule has 3 aromatic rings. The van der Waals surface area contributed by atoms with E-state index in [1.807, 2.05) is 41.3 Å². The Morgan fingerprint density at radius 1 is 1.00 bits per heavy atom. The molecule has 2 aliphatic heterocycles. The molecule has 0 radical (unpaired) electrons. The molecule has 6 heteroatoms. The van der Waals surface area contributed by atoms with Crippen molar-refractivity contribution in [2.24, 2.45) is 11.8 Å². The third-order valence-electron chi connectivity index (χ3n) is 5.28. The molecule has 2 aliphatic rings. The zero-order valence-corrected chi connectivity index (χ0v) is 13.8. The third kappa shape index (κ3) is 2.49. The highest BCUT2D eigenvalue weighted by molar-refractivity contribution is 5.93. The number of imidazole rings is 1. The van der Waals surface area contributed by atoms with E-state index in [-0.39, 0.29) is 5.91 Å². The van der Waals surface area contributed by atoms with Gasteiger partial charge in [0.2, 0.25) is 0 Å².